The fourth-order valence-electron chi connectivity index (χ4n) is 2.35. The van der Waals surface area contributed by atoms with Gasteiger partial charge in [0.2, 0.25) is 5.79 Å². The van der Waals surface area contributed by atoms with Crippen LogP contribution in [0.25, 0.3) is 0 Å². The van der Waals surface area contributed by atoms with E-state index in [4.69, 9.17) is 9.47 Å². The van der Waals surface area contributed by atoms with E-state index < -0.39 is 5.79 Å². The zero-order valence-electron chi connectivity index (χ0n) is 12.2. The molecule has 0 spiro atoms. The van der Waals surface area contributed by atoms with E-state index >= 15 is 0 Å². The number of anilines is 1. The number of aromatic nitrogens is 2. The second-order valence-corrected chi connectivity index (χ2v) is 5.53. The van der Waals surface area contributed by atoms with Crippen molar-refractivity contribution in [2.75, 3.05) is 5.32 Å². The van der Waals surface area contributed by atoms with Crippen LogP contribution in [0.15, 0.2) is 24.4 Å². The minimum absolute atomic E-state index is 0.582. The maximum absolute atomic E-state index is 5.74. The minimum Gasteiger partial charge on any atom is -0.449 e. The predicted molar refractivity (Wildman–Crippen MR) is 77.0 cm³/mol. The molecule has 0 aliphatic carbocycles. The van der Waals surface area contributed by atoms with Crippen LogP contribution < -0.4 is 14.8 Å². The van der Waals surface area contributed by atoms with Gasteiger partial charge in [0.25, 0.3) is 0 Å². The van der Waals surface area contributed by atoms with Crippen LogP contribution in [0.4, 0.5) is 5.69 Å². The fraction of sp³-hybridized carbons (Fsp3) is 0.400. The molecule has 106 valence electrons. The average molecular weight is 273 g/mol. The highest BCUT2D eigenvalue weighted by molar-refractivity contribution is 5.56. The normalized spacial score (nSPS) is 15.4. The Bertz CT molecular complexity index is 647. The standard InChI is InChI=1S/C15H19N3O2/c1-10-11(9-18(4)17-10)8-16-12-5-6-13-14(7-12)20-15(2,3)19-13/h5-7,9,16H,8H2,1-4H3. The first-order valence-corrected chi connectivity index (χ1v) is 6.68. The van der Waals surface area contributed by atoms with Crippen molar-refractivity contribution in [3.63, 3.8) is 0 Å². The Kier molecular flexibility index (Phi) is 2.85. The van der Waals surface area contributed by atoms with Crippen molar-refractivity contribution in [3.05, 3.63) is 35.7 Å². The lowest BCUT2D eigenvalue weighted by atomic mass is 10.2. The maximum atomic E-state index is 5.74. The number of aryl methyl sites for hydroxylation is 2. The smallest absolute Gasteiger partial charge is 0.246 e. The molecule has 0 saturated carbocycles. The quantitative estimate of drug-likeness (QED) is 0.934. The number of hydrogen-bond donors (Lipinski definition) is 1. The number of hydrogen-bond acceptors (Lipinski definition) is 4. The molecule has 0 saturated heterocycles. The van der Waals surface area contributed by atoms with Gasteiger partial charge in [0.1, 0.15) is 0 Å². The van der Waals surface area contributed by atoms with Crippen molar-refractivity contribution >= 4 is 5.69 Å². The van der Waals surface area contributed by atoms with Gasteiger partial charge >= 0.3 is 0 Å². The average Bonchev–Trinajstić information content (AvgIpc) is 2.83. The predicted octanol–water partition coefficient (Wildman–Crippen LogP) is 2.85. The van der Waals surface area contributed by atoms with Crippen LogP contribution in [0.3, 0.4) is 0 Å². The molecule has 5 heteroatoms. The van der Waals surface area contributed by atoms with Gasteiger partial charge in [-0.3, -0.25) is 4.68 Å². The molecule has 1 aliphatic heterocycles. The summed E-state index contributed by atoms with van der Waals surface area (Å²) in [5.41, 5.74) is 3.24. The number of rotatable bonds is 3. The van der Waals surface area contributed by atoms with E-state index in [9.17, 15) is 0 Å². The largest absolute Gasteiger partial charge is 0.449 e. The topological polar surface area (TPSA) is 48.3 Å². The van der Waals surface area contributed by atoms with Gasteiger partial charge in [-0.1, -0.05) is 0 Å². The van der Waals surface area contributed by atoms with Gasteiger partial charge in [-0.2, -0.15) is 5.10 Å². The first-order chi connectivity index (χ1) is 9.43. The number of fused-ring (bicyclic) bond motifs is 1. The van der Waals surface area contributed by atoms with E-state index in [0.29, 0.717) is 0 Å². The summed E-state index contributed by atoms with van der Waals surface area (Å²) in [5.74, 6) is 0.988. The molecule has 0 unspecified atom stereocenters. The van der Waals surface area contributed by atoms with Gasteiger partial charge in [0.05, 0.1) is 5.69 Å². The minimum atomic E-state index is -0.582. The van der Waals surface area contributed by atoms with Gasteiger partial charge in [0.15, 0.2) is 11.5 Å². The van der Waals surface area contributed by atoms with Crippen LogP contribution >= 0.6 is 0 Å². The SMILES string of the molecule is Cc1nn(C)cc1CNc1ccc2c(c1)OC(C)(C)O2. The lowest BCUT2D eigenvalue weighted by molar-refractivity contribution is -0.0431. The van der Waals surface area contributed by atoms with Gasteiger partial charge in [-0.05, 0) is 19.1 Å². The third-order valence-corrected chi connectivity index (χ3v) is 3.25. The van der Waals surface area contributed by atoms with Crippen molar-refractivity contribution < 1.29 is 9.47 Å². The van der Waals surface area contributed by atoms with Crippen LogP contribution in [0, 0.1) is 6.92 Å². The fourth-order valence-corrected chi connectivity index (χ4v) is 2.35. The van der Waals surface area contributed by atoms with E-state index in [1.165, 1.54) is 5.56 Å². The zero-order chi connectivity index (χ0) is 14.3. The summed E-state index contributed by atoms with van der Waals surface area (Å²) in [6.45, 7) is 6.56. The Morgan fingerprint density at radius 1 is 1.25 bits per heavy atom. The van der Waals surface area contributed by atoms with Crippen molar-refractivity contribution in [1.82, 2.24) is 9.78 Å². The molecule has 2 heterocycles. The second kappa shape index (κ2) is 4.44. The van der Waals surface area contributed by atoms with Gasteiger partial charge in [0, 0.05) is 51.0 Å². The Morgan fingerprint density at radius 3 is 2.70 bits per heavy atom. The van der Waals surface area contributed by atoms with Crippen molar-refractivity contribution in [2.45, 2.75) is 33.1 Å². The Balaban J connectivity index is 1.72. The number of nitrogens with zero attached hydrogens (tertiary/aromatic N) is 2. The summed E-state index contributed by atoms with van der Waals surface area (Å²) in [6, 6.07) is 5.90. The third-order valence-electron chi connectivity index (χ3n) is 3.25. The highest BCUT2D eigenvalue weighted by Gasteiger charge is 2.31. The van der Waals surface area contributed by atoms with Crippen LogP contribution in [0.5, 0.6) is 11.5 Å². The van der Waals surface area contributed by atoms with E-state index in [0.717, 1.165) is 29.4 Å². The molecule has 0 amide bonds. The van der Waals surface area contributed by atoms with Crippen LogP contribution in [-0.4, -0.2) is 15.6 Å². The molecular formula is C15H19N3O2. The molecule has 0 fully saturated rings. The Labute approximate surface area is 118 Å². The van der Waals surface area contributed by atoms with Gasteiger partial charge in [-0.25, -0.2) is 0 Å². The lowest BCUT2D eigenvalue weighted by Gasteiger charge is -2.16. The molecule has 0 radical (unpaired) electrons. The third kappa shape index (κ3) is 2.43. The van der Waals surface area contributed by atoms with Crippen LogP contribution in [0.2, 0.25) is 0 Å². The van der Waals surface area contributed by atoms with Gasteiger partial charge in [-0.15, -0.1) is 0 Å². The van der Waals surface area contributed by atoms with E-state index in [-0.39, 0.29) is 0 Å². The zero-order valence-corrected chi connectivity index (χ0v) is 12.2. The van der Waals surface area contributed by atoms with E-state index in [1.54, 1.807) is 0 Å². The first kappa shape index (κ1) is 12.8. The lowest BCUT2D eigenvalue weighted by Crippen LogP contribution is -2.29. The summed E-state index contributed by atoms with van der Waals surface area (Å²) in [7, 11) is 1.93. The highest BCUT2D eigenvalue weighted by Crippen LogP contribution is 2.40. The molecule has 2 aromatic rings. The van der Waals surface area contributed by atoms with Crippen LogP contribution in [-0.2, 0) is 13.6 Å². The van der Waals surface area contributed by atoms with E-state index in [1.807, 2.05) is 56.9 Å². The summed E-state index contributed by atoms with van der Waals surface area (Å²) in [5, 5.41) is 7.72. The summed E-state index contributed by atoms with van der Waals surface area (Å²) in [6.07, 6.45) is 2.03. The first-order valence-electron chi connectivity index (χ1n) is 6.68. The van der Waals surface area contributed by atoms with Gasteiger partial charge < -0.3 is 14.8 Å². The summed E-state index contributed by atoms with van der Waals surface area (Å²) < 4.78 is 13.2. The highest BCUT2D eigenvalue weighted by atomic mass is 16.7. The van der Waals surface area contributed by atoms with Crippen molar-refractivity contribution in [2.24, 2.45) is 7.05 Å². The Morgan fingerprint density at radius 2 is 2.00 bits per heavy atom. The number of benzene rings is 1. The van der Waals surface area contributed by atoms with Crippen molar-refractivity contribution in [3.8, 4) is 11.5 Å². The second-order valence-electron chi connectivity index (χ2n) is 5.53. The number of ether oxygens (including phenoxy) is 2. The molecule has 1 aromatic carbocycles. The van der Waals surface area contributed by atoms with Crippen molar-refractivity contribution in [1.29, 1.82) is 0 Å². The molecule has 3 rings (SSSR count). The van der Waals surface area contributed by atoms with Crippen LogP contribution in [0.1, 0.15) is 25.1 Å². The molecule has 5 nitrogen and oxygen atoms in total. The summed E-state index contributed by atoms with van der Waals surface area (Å²) >= 11 is 0. The number of nitrogens with one attached hydrogen (secondary N) is 1. The molecule has 1 aromatic heterocycles. The van der Waals surface area contributed by atoms with E-state index in [2.05, 4.69) is 10.4 Å². The maximum Gasteiger partial charge on any atom is 0.246 e. The molecule has 0 atom stereocenters. The Hall–Kier alpha value is -2.17. The molecule has 0 bridgehead atoms. The molecular weight excluding hydrogens is 254 g/mol. The monoisotopic (exact) mass is 273 g/mol. The molecule has 1 N–H and O–H groups in total. The summed E-state index contributed by atoms with van der Waals surface area (Å²) in [4.78, 5) is 0. The molecule has 1 aliphatic rings. The molecule has 20 heavy (non-hydrogen) atoms.